The van der Waals surface area contributed by atoms with Gasteiger partial charge in [-0.15, -0.1) is 0 Å². The molecule has 0 saturated heterocycles. The van der Waals surface area contributed by atoms with E-state index < -0.39 is 15.6 Å². The van der Waals surface area contributed by atoms with E-state index in [0.29, 0.717) is 17.9 Å². The average molecular weight is 298 g/mol. The first-order chi connectivity index (χ1) is 9.25. The summed E-state index contributed by atoms with van der Waals surface area (Å²) < 4.78 is 28.0. The van der Waals surface area contributed by atoms with E-state index in [1.165, 1.54) is 0 Å². The highest BCUT2D eigenvalue weighted by atomic mass is 32.2. The SMILES string of the molecule is CCCC(C)(C)NS(=O)(=O)c1cc(CN)ccc1CC. The zero-order chi connectivity index (χ0) is 15.4. The molecule has 4 nitrogen and oxygen atoms in total. The average Bonchev–Trinajstić information content (AvgIpc) is 2.36. The van der Waals surface area contributed by atoms with Crippen LogP contribution in [0.25, 0.3) is 0 Å². The Morgan fingerprint density at radius 1 is 1.25 bits per heavy atom. The third-order valence-electron chi connectivity index (χ3n) is 3.32. The smallest absolute Gasteiger partial charge is 0.241 e. The lowest BCUT2D eigenvalue weighted by atomic mass is 10.0. The van der Waals surface area contributed by atoms with E-state index in [0.717, 1.165) is 24.0 Å². The lowest BCUT2D eigenvalue weighted by molar-refractivity contribution is 0.417. The van der Waals surface area contributed by atoms with Crippen molar-refractivity contribution in [2.24, 2.45) is 5.73 Å². The maximum atomic E-state index is 12.6. The topological polar surface area (TPSA) is 72.2 Å². The van der Waals surface area contributed by atoms with Gasteiger partial charge in [-0.2, -0.15) is 0 Å². The van der Waals surface area contributed by atoms with Crippen LogP contribution >= 0.6 is 0 Å². The number of sulfonamides is 1. The zero-order valence-corrected chi connectivity index (χ0v) is 13.7. The van der Waals surface area contributed by atoms with E-state index >= 15 is 0 Å². The van der Waals surface area contributed by atoms with Crippen LogP contribution in [0, 0.1) is 0 Å². The summed E-state index contributed by atoms with van der Waals surface area (Å²) in [6.07, 6.45) is 2.40. The van der Waals surface area contributed by atoms with Gasteiger partial charge < -0.3 is 5.73 Å². The Kier molecular flexibility index (Phi) is 5.74. The van der Waals surface area contributed by atoms with Gasteiger partial charge in [0, 0.05) is 12.1 Å². The molecule has 0 spiro atoms. The summed E-state index contributed by atoms with van der Waals surface area (Å²) in [6.45, 7) is 8.15. The molecule has 0 atom stereocenters. The minimum Gasteiger partial charge on any atom is -0.326 e. The minimum absolute atomic E-state index is 0.338. The van der Waals surface area contributed by atoms with Crippen LogP contribution in [0.2, 0.25) is 0 Å². The molecule has 1 rings (SSSR count). The highest BCUT2D eigenvalue weighted by Gasteiger charge is 2.27. The monoisotopic (exact) mass is 298 g/mol. The molecule has 0 aliphatic rings. The number of nitrogens with two attached hydrogens (primary N) is 1. The summed E-state index contributed by atoms with van der Waals surface area (Å²) in [6, 6.07) is 5.42. The van der Waals surface area contributed by atoms with Crippen molar-refractivity contribution < 1.29 is 8.42 Å². The molecule has 0 amide bonds. The van der Waals surface area contributed by atoms with Gasteiger partial charge in [0.15, 0.2) is 0 Å². The summed E-state index contributed by atoms with van der Waals surface area (Å²) >= 11 is 0. The second-order valence-electron chi connectivity index (χ2n) is 5.74. The predicted molar refractivity (Wildman–Crippen MR) is 83.0 cm³/mol. The van der Waals surface area contributed by atoms with Gasteiger partial charge in [-0.05, 0) is 43.9 Å². The van der Waals surface area contributed by atoms with Gasteiger partial charge in [-0.3, -0.25) is 0 Å². The summed E-state index contributed by atoms with van der Waals surface area (Å²) in [5.74, 6) is 0. The molecular weight excluding hydrogens is 272 g/mol. The number of benzene rings is 1. The largest absolute Gasteiger partial charge is 0.326 e. The van der Waals surface area contributed by atoms with Crippen molar-refractivity contribution in [2.45, 2.75) is 63.9 Å². The quantitative estimate of drug-likeness (QED) is 0.812. The molecule has 0 aromatic heterocycles. The Bertz CT molecular complexity index is 551. The van der Waals surface area contributed by atoms with Gasteiger partial charge in [-0.1, -0.05) is 32.4 Å². The number of rotatable bonds is 7. The third-order valence-corrected chi connectivity index (χ3v) is 5.10. The van der Waals surface area contributed by atoms with Crippen molar-refractivity contribution in [1.29, 1.82) is 0 Å². The summed E-state index contributed by atoms with van der Waals surface area (Å²) in [7, 11) is -3.52. The number of nitrogens with one attached hydrogen (secondary N) is 1. The Balaban J connectivity index is 3.20. The second-order valence-corrected chi connectivity index (χ2v) is 7.39. The van der Waals surface area contributed by atoms with Crippen molar-refractivity contribution in [3.63, 3.8) is 0 Å². The molecule has 0 aliphatic heterocycles. The molecule has 0 aliphatic carbocycles. The van der Waals surface area contributed by atoms with Gasteiger partial charge in [0.2, 0.25) is 10.0 Å². The van der Waals surface area contributed by atoms with Crippen molar-refractivity contribution in [3.8, 4) is 0 Å². The van der Waals surface area contributed by atoms with Crippen LogP contribution in [0.15, 0.2) is 23.1 Å². The maximum Gasteiger partial charge on any atom is 0.241 e. The summed E-state index contributed by atoms with van der Waals surface area (Å²) in [5.41, 5.74) is 6.82. The number of aryl methyl sites for hydroxylation is 1. The van der Waals surface area contributed by atoms with Gasteiger partial charge in [0.25, 0.3) is 0 Å². The molecule has 0 radical (unpaired) electrons. The molecule has 0 heterocycles. The summed E-state index contributed by atoms with van der Waals surface area (Å²) in [4.78, 5) is 0.354. The van der Waals surface area contributed by atoms with E-state index in [4.69, 9.17) is 5.73 Å². The molecule has 20 heavy (non-hydrogen) atoms. The van der Waals surface area contributed by atoms with E-state index in [1.807, 2.05) is 39.8 Å². The van der Waals surface area contributed by atoms with Crippen LogP contribution < -0.4 is 10.5 Å². The van der Waals surface area contributed by atoms with Crippen molar-refractivity contribution >= 4 is 10.0 Å². The van der Waals surface area contributed by atoms with E-state index in [9.17, 15) is 8.42 Å². The molecule has 5 heteroatoms. The lowest BCUT2D eigenvalue weighted by Gasteiger charge is -2.26. The molecule has 0 fully saturated rings. The molecule has 1 aromatic rings. The standard InChI is InChI=1S/C15H26N2O2S/c1-5-9-15(3,4)17-20(18,19)14-10-12(11-16)7-8-13(14)6-2/h7-8,10,17H,5-6,9,11,16H2,1-4H3. The fraction of sp³-hybridized carbons (Fsp3) is 0.600. The fourth-order valence-electron chi connectivity index (χ4n) is 2.36. The van der Waals surface area contributed by atoms with E-state index in [1.54, 1.807) is 6.07 Å². The molecular formula is C15H26N2O2S. The lowest BCUT2D eigenvalue weighted by Crippen LogP contribution is -2.43. The van der Waals surface area contributed by atoms with Crippen LogP contribution in [0.5, 0.6) is 0 Å². The number of hydrogen-bond donors (Lipinski definition) is 2. The first kappa shape index (κ1) is 17.1. The fourth-order valence-corrected chi connectivity index (χ4v) is 4.17. The zero-order valence-electron chi connectivity index (χ0n) is 12.9. The van der Waals surface area contributed by atoms with E-state index in [-0.39, 0.29) is 0 Å². The van der Waals surface area contributed by atoms with Gasteiger partial charge in [0.05, 0.1) is 4.90 Å². The first-order valence-electron chi connectivity index (χ1n) is 7.11. The Hall–Kier alpha value is -0.910. The molecule has 0 bridgehead atoms. The summed E-state index contributed by atoms with van der Waals surface area (Å²) in [5, 5.41) is 0. The van der Waals surface area contributed by atoms with Gasteiger partial charge in [-0.25, -0.2) is 13.1 Å². The van der Waals surface area contributed by atoms with Crippen LogP contribution in [0.1, 0.15) is 51.7 Å². The van der Waals surface area contributed by atoms with Gasteiger partial charge in [0.1, 0.15) is 0 Å². The van der Waals surface area contributed by atoms with Gasteiger partial charge >= 0.3 is 0 Å². The highest BCUT2D eigenvalue weighted by molar-refractivity contribution is 7.89. The molecule has 114 valence electrons. The molecule has 3 N–H and O–H groups in total. The first-order valence-corrected chi connectivity index (χ1v) is 8.60. The molecule has 0 unspecified atom stereocenters. The molecule has 0 saturated carbocycles. The highest BCUT2D eigenvalue weighted by Crippen LogP contribution is 2.22. The van der Waals surface area contributed by atoms with Crippen LogP contribution in [0.4, 0.5) is 0 Å². The minimum atomic E-state index is -3.52. The second kappa shape index (κ2) is 6.70. The maximum absolute atomic E-state index is 12.6. The third kappa shape index (κ3) is 4.30. The van der Waals surface area contributed by atoms with Crippen LogP contribution in [-0.4, -0.2) is 14.0 Å². The number of hydrogen-bond acceptors (Lipinski definition) is 3. The van der Waals surface area contributed by atoms with Crippen molar-refractivity contribution in [3.05, 3.63) is 29.3 Å². The van der Waals surface area contributed by atoms with Crippen molar-refractivity contribution in [2.75, 3.05) is 0 Å². The van der Waals surface area contributed by atoms with Crippen molar-refractivity contribution in [1.82, 2.24) is 4.72 Å². The van der Waals surface area contributed by atoms with Crippen LogP contribution in [-0.2, 0) is 23.0 Å². The Morgan fingerprint density at radius 2 is 1.90 bits per heavy atom. The van der Waals surface area contributed by atoms with E-state index in [2.05, 4.69) is 4.72 Å². The Morgan fingerprint density at radius 3 is 2.40 bits per heavy atom. The normalized spacial score (nSPS) is 12.7. The predicted octanol–water partition coefficient (Wildman–Crippen LogP) is 2.56. The Labute approximate surface area is 122 Å². The molecule has 1 aromatic carbocycles. The van der Waals surface area contributed by atoms with Crippen LogP contribution in [0.3, 0.4) is 0 Å².